The van der Waals surface area contributed by atoms with Crippen LogP contribution < -0.4 is 5.73 Å². The van der Waals surface area contributed by atoms with Crippen LogP contribution in [0.15, 0.2) is 0 Å². The molecule has 0 aliphatic heterocycles. The molecule has 0 fully saturated rings. The van der Waals surface area contributed by atoms with Gasteiger partial charge in [0.15, 0.2) is 0 Å². The summed E-state index contributed by atoms with van der Waals surface area (Å²) in [7, 11) is 1.50. The Morgan fingerprint density at radius 3 is 2.38 bits per heavy atom. The Morgan fingerprint density at radius 1 is 1.75 bits per heavy atom. The number of hydrogen-bond donors (Lipinski definition) is 1. The summed E-state index contributed by atoms with van der Waals surface area (Å²) in [6, 6.07) is -0.611. The van der Waals surface area contributed by atoms with Crippen molar-refractivity contribution in [1.29, 1.82) is 0 Å². The second-order valence-electron chi connectivity index (χ2n) is 1.58. The van der Waals surface area contributed by atoms with Gasteiger partial charge in [-0.05, 0) is 6.92 Å². The Hall–Kier alpha value is -0.410. The van der Waals surface area contributed by atoms with Gasteiger partial charge in [-0.25, -0.2) is 0 Å². The minimum absolute atomic E-state index is 0.229. The van der Waals surface area contributed by atoms with Crippen molar-refractivity contribution in [3.05, 3.63) is 0 Å². The van der Waals surface area contributed by atoms with Crippen LogP contribution >= 0.6 is 0 Å². The molecule has 0 aliphatic rings. The van der Waals surface area contributed by atoms with E-state index in [9.17, 15) is 4.79 Å². The van der Waals surface area contributed by atoms with E-state index in [2.05, 4.69) is 0 Å². The van der Waals surface area contributed by atoms with Crippen LogP contribution in [0.3, 0.4) is 0 Å². The summed E-state index contributed by atoms with van der Waals surface area (Å²) in [4.78, 5) is 9.78. The Labute approximate surface area is 48.8 Å². The molecule has 0 heterocycles. The molecule has 3 nitrogen and oxygen atoms in total. The highest BCUT2D eigenvalue weighted by Gasteiger charge is 2.09. The average molecular weight is 116 g/mol. The van der Waals surface area contributed by atoms with Crippen LogP contribution in [-0.4, -0.2) is 25.5 Å². The first-order valence-corrected chi connectivity index (χ1v) is 2.38. The van der Waals surface area contributed by atoms with E-state index in [1.165, 1.54) is 7.11 Å². The molecule has 0 aromatic carbocycles. The highest BCUT2D eigenvalue weighted by Crippen LogP contribution is 1.88. The van der Waals surface area contributed by atoms with E-state index in [0.29, 0.717) is 0 Å². The van der Waals surface area contributed by atoms with Crippen molar-refractivity contribution < 1.29 is 9.53 Å². The maximum absolute atomic E-state index is 9.78. The van der Waals surface area contributed by atoms with Gasteiger partial charge in [0.1, 0.15) is 0 Å². The van der Waals surface area contributed by atoms with Gasteiger partial charge in [-0.1, -0.05) is 0 Å². The number of methoxy groups -OCH3 is 1. The van der Waals surface area contributed by atoms with Gasteiger partial charge >= 0.3 is 0 Å². The zero-order chi connectivity index (χ0) is 6.57. The minimum atomic E-state index is -0.611. The first kappa shape index (κ1) is 7.59. The molecular formula is C5H10NO2. The molecule has 0 unspecified atom stereocenters. The summed E-state index contributed by atoms with van der Waals surface area (Å²) in [5, 5.41) is 0. The molecule has 0 saturated carbocycles. The lowest BCUT2D eigenvalue weighted by molar-refractivity contribution is 0.111. The summed E-state index contributed by atoms with van der Waals surface area (Å²) in [5.74, 6) is 0. The molecule has 8 heavy (non-hydrogen) atoms. The number of hydrogen-bond acceptors (Lipinski definition) is 3. The quantitative estimate of drug-likeness (QED) is 0.538. The van der Waals surface area contributed by atoms with Crippen molar-refractivity contribution in [1.82, 2.24) is 0 Å². The lowest BCUT2D eigenvalue weighted by atomic mass is 10.2. The highest BCUT2D eigenvalue weighted by atomic mass is 16.5. The van der Waals surface area contributed by atoms with Crippen molar-refractivity contribution in [2.24, 2.45) is 5.73 Å². The average Bonchev–Trinajstić information content (AvgIpc) is 1.84. The van der Waals surface area contributed by atoms with Gasteiger partial charge in [0, 0.05) is 7.11 Å². The van der Waals surface area contributed by atoms with E-state index in [1.807, 2.05) is 0 Å². The lowest BCUT2D eigenvalue weighted by Gasteiger charge is -2.09. The summed E-state index contributed by atoms with van der Waals surface area (Å²) in [5.41, 5.74) is 5.18. The zero-order valence-corrected chi connectivity index (χ0v) is 5.05. The van der Waals surface area contributed by atoms with Gasteiger partial charge in [-0.2, -0.15) is 0 Å². The first-order valence-electron chi connectivity index (χ1n) is 2.38. The van der Waals surface area contributed by atoms with Crippen molar-refractivity contribution in [2.45, 2.75) is 19.1 Å². The molecular weight excluding hydrogens is 106 g/mol. The standard InChI is InChI=1S/C5H10NO2/c1-4(8-2)5(6)3-7/h4-5H,6H2,1-2H3/t4-,5-/m1/s1. The van der Waals surface area contributed by atoms with Crippen LogP contribution in [0, 0.1) is 0 Å². The molecule has 0 rings (SSSR count). The summed E-state index contributed by atoms with van der Waals surface area (Å²) < 4.78 is 4.72. The monoisotopic (exact) mass is 116 g/mol. The van der Waals surface area contributed by atoms with E-state index < -0.39 is 6.04 Å². The third-order valence-corrected chi connectivity index (χ3v) is 1.01. The van der Waals surface area contributed by atoms with E-state index in [4.69, 9.17) is 10.5 Å². The highest BCUT2D eigenvalue weighted by molar-refractivity contribution is 5.58. The molecule has 0 aromatic heterocycles. The van der Waals surface area contributed by atoms with Crippen molar-refractivity contribution in [2.75, 3.05) is 7.11 Å². The van der Waals surface area contributed by atoms with Crippen LogP contribution in [0.25, 0.3) is 0 Å². The van der Waals surface area contributed by atoms with Gasteiger partial charge in [0.25, 0.3) is 0 Å². The zero-order valence-electron chi connectivity index (χ0n) is 5.05. The van der Waals surface area contributed by atoms with E-state index in [1.54, 1.807) is 13.2 Å². The third-order valence-electron chi connectivity index (χ3n) is 1.01. The smallest absolute Gasteiger partial charge is 0.219 e. The topological polar surface area (TPSA) is 52.3 Å². The maximum Gasteiger partial charge on any atom is 0.219 e. The molecule has 2 N–H and O–H groups in total. The van der Waals surface area contributed by atoms with Crippen LogP contribution in [0.4, 0.5) is 0 Å². The van der Waals surface area contributed by atoms with Gasteiger partial charge in [-0.3, -0.25) is 4.79 Å². The molecule has 2 atom stereocenters. The normalized spacial score (nSPS) is 17.4. The van der Waals surface area contributed by atoms with E-state index >= 15 is 0 Å². The van der Waals surface area contributed by atoms with Crippen molar-refractivity contribution in [3.8, 4) is 0 Å². The fraction of sp³-hybridized carbons (Fsp3) is 0.800. The summed E-state index contributed by atoms with van der Waals surface area (Å²) >= 11 is 0. The Morgan fingerprint density at radius 2 is 2.25 bits per heavy atom. The fourth-order valence-corrected chi connectivity index (χ4v) is 0.242. The van der Waals surface area contributed by atoms with Crippen LogP contribution in [0.5, 0.6) is 0 Å². The van der Waals surface area contributed by atoms with Crippen LogP contribution in [0.2, 0.25) is 0 Å². The predicted octanol–water partition coefficient (Wildman–Crippen LogP) is -0.542. The van der Waals surface area contributed by atoms with Crippen molar-refractivity contribution >= 4 is 6.29 Å². The summed E-state index contributed by atoms with van der Waals surface area (Å²) in [6.07, 6.45) is 1.39. The van der Waals surface area contributed by atoms with Gasteiger partial charge in [0.05, 0.1) is 12.1 Å². The molecule has 1 radical (unpaired) electrons. The largest absolute Gasteiger partial charge is 0.380 e. The van der Waals surface area contributed by atoms with E-state index in [0.717, 1.165) is 0 Å². The van der Waals surface area contributed by atoms with E-state index in [-0.39, 0.29) is 6.10 Å². The molecule has 47 valence electrons. The SMILES string of the molecule is CO[C@H](C)[C@H](N)[C]=O. The van der Waals surface area contributed by atoms with Gasteiger partial charge in [0.2, 0.25) is 6.29 Å². The van der Waals surface area contributed by atoms with Crippen molar-refractivity contribution in [3.63, 3.8) is 0 Å². The van der Waals surface area contributed by atoms with Crippen LogP contribution in [-0.2, 0) is 9.53 Å². The summed E-state index contributed by atoms with van der Waals surface area (Å²) in [6.45, 7) is 1.72. The molecule has 0 aliphatic carbocycles. The minimum Gasteiger partial charge on any atom is -0.380 e. The Bertz CT molecular complexity index is 74.8. The maximum atomic E-state index is 9.78. The molecule has 0 bridgehead atoms. The van der Waals surface area contributed by atoms with Gasteiger partial charge in [-0.15, -0.1) is 0 Å². The lowest BCUT2D eigenvalue weighted by Crippen LogP contribution is -2.34. The first-order chi connectivity index (χ1) is 3.72. The number of nitrogens with two attached hydrogens (primary N) is 1. The second-order valence-corrected chi connectivity index (χ2v) is 1.58. The third kappa shape index (κ3) is 2.04. The number of carbonyl (C=O) groups excluding carboxylic acids is 1. The number of rotatable bonds is 3. The predicted molar refractivity (Wildman–Crippen MR) is 30.1 cm³/mol. The molecule has 3 heteroatoms. The second kappa shape index (κ2) is 3.57. The number of ether oxygens (including phenoxy) is 1. The molecule has 0 aromatic rings. The molecule has 0 amide bonds. The fourth-order valence-electron chi connectivity index (χ4n) is 0.242. The van der Waals surface area contributed by atoms with Gasteiger partial charge < -0.3 is 10.5 Å². The molecule has 0 saturated heterocycles. The Balaban J connectivity index is 3.44. The van der Waals surface area contributed by atoms with Crippen LogP contribution in [0.1, 0.15) is 6.92 Å². The molecule has 0 spiro atoms. The Kier molecular flexibility index (Phi) is 3.39.